The minimum atomic E-state index is -4.47. The summed E-state index contributed by atoms with van der Waals surface area (Å²) in [6, 6.07) is 10.4. The summed E-state index contributed by atoms with van der Waals surface area (Å²) in [6.45, 7) is 7.17. The van der Waals surface area contributed by atoms with E-state index in [-0.39, 0.29) is 36.7 Å². The van der Waals surface area contributed by atoms with Crippen molar-refractivity contribution in [2.75, 3.05) is 39.8 Å². The number of halogens is 3. The van der Waals surface area contributed by atoms with E-state index in [4.69, 9.17) is 4.74 Å². The number of amides is 3. The summed E-state index contributed by atoms with van der Waals surface area (Å²) in [7, 11) is 1.60. The van der Waals surface area contributed by atoms with E-state index in [1.54, 1.807) is 18.9 Å². The van der Waals surface area contributed by atoms with Crippen LogP contribution in [0.25, 0.3) is 0 Å². The third-order valence-electron chi connectivity index (χ3n) is 7.38. The second-order valence-electron chi connectivity index (χ2n) is 10.0. The molecule has 2 aromatic carbocycles. The van der Waals surface area contributed by atoms with E-state index >= 15 is 0 Å². The maximum Gasteiger partial charge on any atom is 0.416 e. The minimum absolute atomic E-state index is 0.176. The van der Waals surface area contributed by atoms with Gasteiger partial charge in [-0.2, -0.15) is 13.2 Å². The van der Waals surface area contributed by atoms with Gasteiger partial charge in [0.25, 0.3) is 5.91 Å². The number of alkyl halides is 3. The number of esters is 1. The molecule has 0 bridgehead atoms. The lowest BCUT2D eigenvalue weighted by molar-refractivity contribution is -0.139. The molecule has 1 N–H and O–H groups in total. The summed E-state index contributed by atoms with van der Waals surface area (Å²) in [5.41, 5.74) is 1.97. The molecule has 0 aromatic heterocycles. The molecule has 0 spiro atoms. The fourth-order valence-electron chi connectivity index (χ4n) is 5.20. The summed E-state index contributed by atoms with van der Waals surface area (Å²) < 4.78 is 44.2. The van der Waals surface area contributed by atoms with Gasteiger partial charge in [0.15, 0.2) is 0 Å². The number of hydrogen-bond donors (Lipinski definition) is 1. The number of urea groups is 1. The van der Waals surface area contributed by atoms with Crippen LogP contribution in [0, 0.1) is 6.92 Å². The largest absolute Gasteiger partial charge is 0.463 e. The molecule has 2 atom stereocenters. The second kappa shape index (κ2) is 11.7. The van der Waals surface area contributed by atoms with Gasteiger partial charge in [0.1, 0.15) is 0 Å². The zero-order valence-corrected chi connectivity index (χ0v) is 22.9. The average molecular weight is 559 g/mol. The highest BCUT2D eigenvalue weighted by Gasteiger charge is 2.39. The Morgan fingerprint density at radius 1 is 1.07 bits per heavy atom. The van der Waals surface area contributed by atoms with Crippen molar-refractivity contribution in [3.63, 3.8) is 0 Å². The van der Waals surface area contributed by atoms with Gasteiger partial charge in [-0.05, 0) is 56.2 Å². The smallest absolute Gasteiger partial charge is 0.416 e. The third-order valence-corrected chi connectivity index (χ3v) is 7.38. The van der Waals surface area contributed by atoms with Crippen LogP contribution in [0.3, 0.4) is 0 Å². The molecule has 2 aliphatic heterocycles. The van der Waals surface area contributed by atoms with Crippen molar-refractivity contribution in [3.8, 4) is 0 Å². The van der Waals surface area contributed by atoms with Crippen LogP contribution in [-0.2, 0) is 15.7 Å². The van der Waals surface area contributed by atoms with Crippen LogP contribution in [0.4, 0.5) is 18.0 Å². The highest BCUT2D eigenvalue weighted by atomic mass is 19.4. The molecule has 0 saturated carbocycles. The molecule has 0 unspecified atom stereocenters. The van der Waals surface area contributed by atoms with Gasteiger partial charge in [-0.25, -0.2) is 9.59 Å². The van der Waals surface area contributed by atoms with E-state index in [0.717, 1.165) is 23.3 Å². The van der Waals surface area contributed by atoms with Gasteiger partial charge >= 0.3 is 18.2 Å². The van der Waals surface area contributed by atoms with Crippen molar-refractivity contribution in [1.29, 1.82) is 0 Å². The van der Waals surface area contributed by atoms with E-state index < -0.39 is 23.8 Å². The molecule has 2 heterocycles. The van der Waals surface area contributed by atoms with Crippen molar-refractivity contribution < 1.29 is 32.3 Å². The highest BCUT2D eigenvalue weighted by molar-refractivity contribution is 5.95. The summed E-state index contributed by atoms with van der Waals surface area (Å²) in [4.78, 5) is 44.5. The molecule has 2 aliphatic rings. The Kier molecular flexibility index (Phi) is 8.53. The number of benzene rings is 2. The van der Waals surface area contributed by atoms with Gasteiger partial charge in [-0.1, -0.05) is 24.3 Å². The van der Waals surface area contributed by atoms with Crippen LogP contribution >= 0.6 is 0 Å². The first-order valence-corrected chi connectivity index (χ1v) is 13.1. The quantitative estimate of drug-likeness (QED) is 0.533. The van der Waals surface area contributed by atoms with Crippen LogP contribution in [0.2, 0.25) is 0 Å². The SMILES string of the molecule is CCOC(=O)C1=C(CN2CCN(C(=O)c3ccc(C(F)(F)F)cc3)[C@H](C)C2)N(C)C(=O)N[C@H]1c1ccccc1C. The predicted octanol–water partition coefficient (Wildman–Crippen LogP) is 4.37. The second-order valence-corrected chi connectivity index (χ2v) is 10.0. The highest BCUT2D eigenvalue weighted by Crippen LogP contribution is 2.33. The summed E-state index contributed by atoms with van der Waals surface area (Å²) in [5, 5.41) is 2.93. The Balaban J connectivity index is 1.57. The number of ether oxygens (including phenoxy) is 1. The lowest BCUT2D eigenvalue weighted by atomic mass is 9.91. The fraction of sp³-hybridized carbons (Fsp3) is 0.414. The van der Waals surface area contributed by atoms with E-state index in [9.17, 15) is 27.6 Å². The molecule has 11 heteroatoms. The van der Waals surface area contributed by atoms with Crippen molar-refractivity contribution in [2.24, 2.45) is 0 Å². The minimum Gasteiger partial charge on any atom is -0.463 e. The normalized spacial score (nSPS) is 20.4. The summed E-state index contributed by atoms with van der Waals surface area (Å²) in [6.07, 6.45) is -4.47. The van der Waals surface area contributed by atoms with Crippen LogP contribution in [0.1, 0.15) is 46.9 Å². The maximum atomic E-state index is 13.2. The number of carbonyl (C=O) groups is 3. The van der Waals surface area contributed by atoms with Crippen molar-refractivity contribution in [1.82, 2.24) is 20.0 Å². The molecule has 3 amide bonds. The Morgan fingerprint density at radius 3 is 2.35 bits per heavy atom. The number of piperazine rings is 1. The molecule has 0 radical (unpaired) electrons. The number of aryl methyl sites for hydroxylation is 1. The van der Waals surface area contributed by atoms with E-state index in [1.807, 2.05) is 38.1 Å². The van der Waals surface area contributed by atoms with Crippen molar-refractivity contribution in [2.45, 2.75) is 39.0 Å². The fourth-order valence-corrected chi connectivity index (χ4v) is 5.20. The number of hydrogen-bond acceptors (Lipinski definition) is 5. The third kappa shape index (κ3) is 5.99. The molecule has 40 heavy (non-hydrogen) atoms. The summed E-state index contributed by atoms with van der Waals surface area (Å²) >= 11 is 0. The molecule has 4 rings (SSSR count). The summed E-state index contributed by atoms with van der Waals surface area (Å²) in [5.74, 6) is -0.858. The zero-order chi connectivity index (χ0) is 29.2. The number of likely N-dealkylation sites (N-methyl/N-ethyl adjacent to an activating group) is 1. The molecule has 1 fully saturated rings. The first-order chi connectivity index (χ1) is 18.9. The predicted molar refractivity (Wildman–Crippen MR) is 142 cm³/mol. The van der Waals surface area contributed by atoms with Gasteiger partial charge in [0, 0.05) is 50.5 Å². The van der Waals surface area contributed by atoms with Gasteiger partial charge in [-0.3, -0.25) is 14.6 Å². The van der Waals surface area contributed by atoms with Gasteiger partial charge in [0.05, 0.1) is 23.8 Å². The van der Waals surface area contributed by atoms with Gasteiger partial charge in [-0.15, -0.1) is 0 Å². The number of rotatable bonds is 6. The molecular formula is C29H33F3N4O4. The maximum absolute atomic E-state index is 13.2. The standard InChI is InChI=1S/C29H33F3N4O4/c1-5-40-27(38)24-23(34(4)28(39)33-25(24)22-9-7-6-8-18(22)2)17-35-14-15-36(19(3)16-35)26(37)20-10-12-21(13-11-20)29(30,31)32/h6-13,19,25H,5,14-17H2,1-4H3,(H,33,39)/t19-,25+/m1/s1. The van der Waals surface area contributed by atoms with E-state index in [0.29, 0.717) is 30.9 Å². The average Bonchev–Trinajstić information content (AvgIpc) is 2.91. The van der Waals surface area contributed by atoms with Crippen LogP contribution in [0.15, 0.2) is 59.8 Å². The Hall–Kier alpha value is -3.86. The van der Waals surface area contributed by atoms with E-state index in [1.165, 1.54) is 17.0 Å². The first-order valence-electron chi connectivity index (χ1n) is 13.1. The number of carbonyl (C=O) groups excluding carboxylic acids is 3. The lowest BCUT2D eigenvalue weighted by Gasteiger charge is -2.42. The number of nitrogens with zero attached hydrogens (tertiary/aromatic N) is 3. The number of nitrogens with one attached hydrogen (secondary N) is 1. The zero-order valence-electron chi connectivity index (χ0n) is 22.9. The van der Waals surface area contributed by atoms with Crippen molar-refractivity contribution >= 4 is 17.9 Å². The van der Waals surface area contributed by atoms with Gasteiger partial charge < -0.3 is 15.0 Å². The van der Waals surface area contributed by atoms with Crippen LogP contribution in [-0.4, -0.2) is 78.5 Å². The molecule has 1 saturated heterocycles. The molecular weight excluding hydrogens is 525 g/mol. The van der Waals surface area contributed by atoms with Crippen LogP contribution < -0.4 is 5.32 Å². The van der Waals surface area contributed by atoms with E-state index in [2.05, 4.69) is 10.2 Å². The molecule has 8 nitrogen and oxygen atoms in total. The Labute approximate surface area is 231 Å². The first kappa shape index (κ1) is 29.1. The molecule has 2 aromatic rings. The Morgan fingerprint density at radius 2 is 1.75 bits per heavy atom. The van der Waals surface area contributed by atoms with Crippen LogP contribution in [0.5, 0.6) is 0 Å². The molecule has 214 valence electrons. The monoisotopic (exact) mass is 558 g/mol. The van der Waals surface area contributed by atoms with Crippen molar-refractivity contribution in [3.05, 3.63) is 82.1 Å². The lowest BCUT2D eigenvalue weighted by Crippen LogP contribution is -2.56. The Bertz CT molecular complexity index is 1310. The molecule has 0 aliphatic carbocycles. The topological polar surface area (TPSA) is 82.2 Å². The van der Waals surface area contributed by atoms with Gasteiger partial charge in [0.2, 0.25) is 0 Å².